The Morgan fingerprint density at radius 3 is 2.48 bits per heavy atom. The van der Waals surface area contributed by atoms with Crippen LogP contribution in [0.4, 0.5) is 4.39 Å². The van der Waals surface area contributed by atoms with E-state index in [9.17, 15) is 14.0 Å². The molecular formula is C23H24ClFN4O2. The zero-order chi connectivity index (χ0) is 21.0. The van der Waals surface area contributed by atoms with E-state index in [-0.39, 0.29) is 60.4 Å². The molecule has 5 rings (SSSR count). The molecular weight excluding hydrogens is 419 g/mol. The topological polar surface area (TPSA) is 90.5 Å². The summed E-state index contributed by atoms with van der Waals surface area (Å²) in [5.74, 6) is -1.49. The van der Waals surface area contributed by atoms with Crippen LogP contribution in [-0.2, 0) is 16.1 Å². The number of nitrogens with one attached hydrogen (secondary N) is 1. The van der Waals surface area contributed by atoms with Crippen molar-refractivity contribution in [2.45, 2.75) is 31.5 Å². The van der Waals surface area contributed by atoms with Gasteiger partial charge in [-0.2, -0.15) is 0 Å². The molecule has 8 heteroatoms. The highest BCUT2D eigenvalue weighted by atomic mass is 35.5. The van der Waals surface area contributed by atoms with E-state index >= 15 is 0 Å². The van der Waals surface area contributed by atoms with Gasteiger partial charge in [0.15, 0.2) is 0 Å². The quantitative estimate of drug-likeness (QED) is 0.433. The number of nitrogens with zero attached hydrogens (tertiary/aromatic N) is 2. The first-order valence-electron chi connectivity index (χ1n) is 10.3. The van der Waals surface area contributed by atoms with E-state index in [0.717, 1.165) is 24.9 Å². The number of nitrogens with two attached hydrogens (primary N) is 1. The number of benzene rings is 2. The predicted molar refractivity (Wildman–Crippen MR) is 116 cm³/mol. The minimum Gasteiger partial charge on any atom is -0.384 e. The van der Waals surface area contributed by atoms with Crippen molar-refractivity contribution >= 4 is 30.1 Å². The minimum absolute atomic E-state index is 0. The van der Waals surface area contributed by atoms with Crippen LogP contribution in [0.5, 0.6) is 0 Å². The van der Waals surface area contributed by atoms with Crippen molar-refractivity contribution in [3.8, 4) is 0 Å². The fraction of sp³-hybridized carbons (Fsp3) is 0.348. The lowest BCUT2D eigenvalue weighted by molar-refractivity contribution is -0.142. The Kier molecular flexibility index (Phi) is 5.58. The van der Waals surface area contributed by atoms with Crippen LogP contribution in [0.3, 0.4) is 0 Å². The molecule has 3 aliphatic rings. The van der Waals surface area contributed by atoms with E-state index in [1.807, 2.05) is 12.1 Å². The third kappa shape index (κ3) is 3.42. The average molecular weight is 443 g/mol. The second kappa shape index (κ2) is 8.05. The molecule has 0 spiro atoms. The molecule has 3 heterocycles. The number of nitrogen functional groups attached to an aromatic ring is 1. The predicted octanol–water partition coefficient (Wildman–Crippen LogP) is 2.85. The molecule has 2 aromatic carbocycles. The summed E-state index contributed by atoms with van der Waals surface area (Å²) in [6, 6.07) is 13.3. The van der Waals surface area contributed by atoms with Crippen molar-refractivity contribution < 1.29 is 14.0 Å². The van der Waals surface area contributed by atoms with E-state index in [2.05, 4.69) is 4.90 Å². The van der Waals surface area contributed by atoms with Crippen molar-refractivity contribution in [1.82, 2.24) is 9.80 Å². The lowest BCUT2D eigenvalue weighted by atomic mass is 9.85. The molecule has 6 nitrogen and oxygen atoms in total. The third-order valence-corrected chi connectivity index (χ3v) is 6.74. The molecule has 0 radical (unpaired) electrons. The number of carbonyl (C=O) groups excluding carboxylic acids is 2. The minimum atomic E-state index is -0.431. The number of carbonyl (C=O) groups is 2. The lowest BCUT2D eigenvalue weighted by Gasteiger charge is -2.29. The Morgan fingerprint density at radius 2 is 1.81 bits per heavy atom. The molecule has 3 saturated heterocycles. The van der Waals surface area contributed by atoms with Crippen LogP contribution in [-0.4, -0.2) is 40.0 Å². The molecule has 3 unspecified atom stereocenters. The lowest BCUT2D eigenvalue weighted by Crippen LogP contribution is -2.38. The standard InChI is InChI=1S/C23H23FN4O2.ClH/c24-16-4-1-3-13(11-16)12-28-22(29)18-17-5-2-10-27(17)20(19(18)23(28)30)14-6-8-15(9-7-14)21(25)26;/h1,3-4,6-9,11,17-20H,2,5,10,12H2,(H3,25,26);1H/t17?,18?,19?,20-;/m0./s1. The smallest absolute Gasteiger partial charge is 0.235 e. The molecule has 3 aliphatic heterocycles. The largest absolute Gasteiger partial charge is 0.384 e. The van der Waals surface area contributed by atoms with Gasteiger partial charge in [-0.1, -0.05) is 36.4 Å². The van der Waals surface area contributed by atoms with Gasteiger partial charge in [0, 0.05) is 17.6 Å². The number of fused-ring (bicyclic) bond motifs is 3. The van der Waals surface area contributed by atoms with Crippen molar-refractivity contribution in [3.05, 3.63) is 71.0 Å². The maximum absolute atomic E-state index is 13.6. The Morgan fingerprint density at radius 1 is 1.10 bits per heavy atom. The fourth-order valence-corrected chi connectivity index (χ4v) is 5.50. The molecule has 31 heavy (non-hydrogen) atoms. The van der Waals surface area contributed by atoms with E-state index < -0.39 is 5.92 Å². The first kappa shape index (κ1) is 21.5. The van der Waals surface area contributed by atoms with Crippen LogP contribution in [0.25, 0.3) is 0 Å². The van der Waals surface area contributed by atoms with Gasteiger partial charge in [0.25, 0.3) is 0 Å². The van der Waals surface area contributed by atoms with E-state index in [4.69, 9.17) is 11.1 Å². The Labute approximate surface area is 186 Å². The summed E-state index contributed by atoms with van der Waals surface area (Å²) in [4.78, 5) is 30.3. The van der Waals surface area contributed by atoms with Crippen molar-refractivity contribution in [2.24, 2.45) is 17.6 Å². The van der Waals surface area contributed by atoms with Gasteiger partial charge in [-0.05, 0) is 42.6 Å². The molecule has 3 fully saturated rings. The van der Waals surface area contributed by atoms with Crippen molar-refractivity contribution in [1.29, 1.82) is 5.41 Å². The van der Waals surface area contributed by atoms with Gasteiger partial charge in [0.2, 0.25) is 11.8 Å². The maximum Gasteiger partial charge on any atom is 0.235 e. The number of amidine groups is 1. The SMILES string of the molecule is Cl.N=C(N)c1ccc([C@H]2C3C(=O)N(Cc4cccc(F)c4)C(=O)C3C3CCCN32)cc1. The van der Waals surface area contributed by atoms with Crippen LogP contribution in [0, 0.1) is 23.1 Å². The van der Waals surface area contributed by atoms with Gasteiger partial charge >= 0.3 is 0 Å². The molecule has 3 N–H and O–H groups in total. The molecule has 2 amide bonds. The number of amides is 2. The number of likely N-dealkylation sites (tertiary alicyclic amines) is 1. The highest BCUT2D eigenvalue weighted by Gasteiger charge is 2.62. The van der Waals surface area contributed by atoms with Gasteiger partial charge in [-0.3, -0.25) is 24.8 Å². The molecule has 0 bridgehead atoms. The monoisotopic (exact) mass is 442 g/mol. The number of hydrogen-bond acceptors (Lipinski definition) is 4. The Hall–Kier alpha value is -2.77. The van der Waals surface area contributed by atoms with Gasteiger partial charge < -0.3 is 5.73 Å². The Balaban J connectivity index is 0.00000231. The van der Waals surface area contributed by atoms with Gasteiger partial charge in [0.05, 0.1) is 18.4 Å². The first-order valence-corrected chi connectivity index (χ1v) is 10.3. The second-order valence-electron chi connectivity index (χ2n) is 8.37. The van der Waals surface area contributed by atoms with Crippen LogP contribution in [0.15, 0.2) is 48.5 Å². The summed E-state index contributed by atoms with van der Waals surface area (Å²) in [7, 11) is 0. The third-order valence-electron chi connectivity index (χ3n) is 6.74. The van der Waals surface area contributed by atoms with Crippen LogP contribution in [0.2, 0.25) is 0 Å². The van der Waals surface area contributed by atoms with Gasteiger partial charge in [-0.25, -0.2) is 4.39 Å². The zero-order valence-corrected chi connectivity index (χ0v) is 17.6. The number of halogens is 2. The van der Waals surface area contributed by atoms with E-state index in [1.54, 1.807) is 24.3 Å². The van der Waals surface area contributed by atoms with Crippen molar-refractivity contribution in [3.63, 3.8) is 0 Å². The average Bonchev–Trinajstić information content (AvgIpc) is 3.37. The highest BCUT2D eigenvalue weighted by molar-refractivity contribution is 6.06. The normalized spacial score (nSPS) is 27.2. The molecule has 0 aliphatic carbocycles. The number of rotatable bonds is 4. The summed E-state index contributed by atoms with van der Waals surface area (Å²) in [6.45, 7) is 0.965. The van der Waals surface area contributed by atoms with Crippen molar-refractivity contribution in [2.75, 3.05) is 6.54 Å². The summed E-state index contributed by atoms with van der Waals surface area (Å²) >= 11 is 0. The maximum atomic E-state index is 13.6. The molecule has 162 valence electrons. The van der Waals surface area contributed by atoms with Crippen LogP contribution in [0.1, 0.15) is 35.6 Å². The molecule has 0 aromatic heterocycles. The number of imide groups is 1. The summed E-state index contributed by atoms with van der Waals surface area (Å²) in [6.07, 6.45) is 1.90. The second-order valence-corrected chi connectivity index (χ2v) is 8.37. The first-order chi connectivity index (χ1) is 14.5. The molecule has 2 aromatic rings. The highest BCUT2D eigenvalue weighted by Crippen LogP contribution is 2.53. The molecule has 4 atom stereocenters. The summed E-state index contributed by atoms with van der Waals surface area (Å²) in [5.41, 5.74) is 7.78. The van der Waals surface area contributed by atoms with E-state index in [0.29, 0.717) is 11.1 Å². The van der Waals surface area contributed by atoms with Gasteiger partial charge in [0.1, 0.15) is 11.7 Å². The zero-order valence-electron chi connectivity index (χ0n) is 16.8. The summed E-state index contributed by atoms with van der Waals surface area (Å²) < 4.78 is 13.6. The Bertz CT molecular complexity index is 1040. The number of hydrogen-bond donors (Lipinski definition) is 2. The summed E-state index contributed by atoms with van der Waals surface area (Å²) in [5, 5.41) is 7.59. The fourth-order valence-electron chi connectivity index (χ4n) is 5.50. The van der Waals surface area contributed by atoms with E-state index in [1.165, 1.54) is 17.0 Å². The molecule has 0 saturated carbocycles. The van der Waals surface area contributed by atoms with Crippen LogP contribution >= 0.6 is 12.4 Å². The van der Waals surface area contributed by atoms with Crippen LogP contribution < -0.4 is 5.73 Å². The van der Waals surface area contributed by atoms with Gasteiger partial charge in [-0.15, -0.1) is 12.4 Å².